The van der Waals surface area contributed by atoms with Gasteiger partial charge in [0, 0.05) is 10.7 Å². The SMILES string of the molecule is CS(=O)(=O)c1ccc(Cl)c(NC(=O)COC(=O)c2ccc(Br)cc2)c1. The minimum atomic E-state index is -3.44. The smallest absolute Gasteiger partial charge is 0.338 e. The Morgan fingerprint density at radius 2 is 1.80 bits per heavy atom. The van der Waals surface area contributed by atoms with Gasteiger partial charge in [-0.05, 0) is 42.5 Å². The van der Waals surface area contributed by atoms with Crippen molar-refractivity contribution < 1.29 is 22.7 Å². The lowest BCUT2D eigenvalue weighted by molar-refractivity contribution is -0.119. The summed E-state index contributed by atoms with van der Waals surface area (Å²) in [5.74, 6) is -1.29. The molecule has 0 saturated heterocycles. The minimum absolute atomic E-state index is 0.0130. The van der Waals surface area contributed by atoms with Crippen molar-refractivity contribution >= 4 is 54.9 Å². The fraction of sp³-hybridized carbons (Fsp3) is 0.125. The number of sulfone groups is 1. The predicted molar refractivity (Wildman–Crippen MR) is 97.6 cm³/mol. The summed E-state index contributed by atoms with van der Waals surface area (Å²) in [5.41, 5.74) is 0.419. The zero-order valence-corrected chi connectivity index (χ0v) is 16.1. The van der Waals surface area contributed by atoms with Crippen LogP contribution >= 0.6 is 27.5 Å². The van der Waals surface area contributed by atoms with E-state index in [-0.39, 0.29) is 15.6 Å². The number of anilines is 1. The zero-order valence-electron chi connectivity index (χ0n) is 13.0. The number of amides is 1. The molecule has 2 aromatic carbocycles. The van der Waals surface area contributed by atoms with Gasteiger partial charge >= 0.3 is 5.97 Å². The van der Waals surface area contributed by atoms with E-state index in [0.29, 0.717) is 5.56 Å². The van der Waals surface area contributed by atoms with E-state index in [2.05, 4.69) is 21.2 Å². The van der Waals surface area contributed by atoms with Gasteiger partial charge in [0.05, 0.1) is 21.2 Å². The van der Waals surface area contributed by atoms with E-state index in [0.717, 1.165) is 10.7 Å². The molecule has 0 fully saturated rings. The van der Waals surface area contributed by atoms with Gasteiger partial charge in [-0.3, -0.25) is 4.79 Å². The van der Waals surface area contributed by atoms with Crippen molar-refractivity contribution in [3.05, 3.63) is 57.5 Å². The maximum absolute atomic E-state index is 11.9. The topological polar surface area (TPSA) is 89.5 Å². The molecular weight excluding hydrogens is 434 g/mol. The highest BCUT2D eigenvalue weighted by Crippen LogP contribution is 2.25. The predicted octanol–water partition coefficient (Wildman–Crippen LogP) is 3.30. The standard InChI is InChI=1S/C16H13BrClNO5S/c1-25(22,23)12-6-7-13(18)14(8-12)19-15(20)9-24-16(21)10-2-4-11(17)5-3-10/h2-8H,9H2,1H3,(H,19,20). The molecule has 0 unspecified atom stereocenters. The number of rotatable bonds is 5. The highest BCUT2D eigenvalue weighted by molar-refractivity contribution is 9.10. The molecule has 132 valence electrons. The first-order valence-corrected chi connectivity index (χ1v) is 9.95. The average molecular weight is 447 g/mol. The molecule has 0 heterocycles. The van der Waals surface area contributed by atoms with Crippen molar-refractivity contribution in [1.82, 2.24) is 0 Å². The third kappa shape index (κ3) is 5.55. The molecule has 1 amide bonds. The Hall–Kier alpha value is -1.90. The number of nitrogens with one attached hydrogen (secondary N) is 1. The van der Waals surface area contributed by atoms with Crippen molar-refractivity contribution in [3.8, 4) is 0 Å². The quantitative estimate of drug-likeness (QED) is 0.712. The second-order valence-corrected chi connectivity index (χ2v) is 8.38. The van der Waals surface area contributed by atoms with Crippen LogP contribution in [0.1, 0.15) is 10.4 Å². The molecule has 2 aromatic rings. The van der Waals surface area contributed by atoms with E-state index in [1.54, 1.807) is 24.3 Å². The first kappa shape index (κ1) is 19.4. The van der Waals surface area contributed by atoms with Crippen molar-refractivity contribution in [1.29, 1.82) is 0 Å². The van der Waals surface area contributed by atoms with Crippen LogP contribution in [0.5, 0.6) is 0 Å². The van der Waals surface area contributed by atoms with E-state index >= 15 is 0 Å². The van der Waals surface area contributed by atoms with Gasteiger partial charge < -0.3 is 10.1 Å². The van der Waals surface area contributed by atoms with E-state index in [1.165, 1.54) is 18.2 Å². The summed E-state index contributed by atoms with van der Waals surface area (Å²) in [6, 6.07) is 10.4. The Kier molecular flexibility index (Phi) is 6.21. The number of carbonyl (C=O) groups excluding carboxylic acids is 2. The molecule has 0 aliphatic heterocycles. The third-order valence-electron chi connectivity index (χ3n) is 3.05. The fourth-order valence-corrected chi connectivity index (χ4v) is 2.89. The molecule has 0 saturated carbocycles. The second-order valence-electron chi connectivity index (χ2n) is 5.05. The Balaban J connectivity index is 2.01. The number of ether oxygens (including phenoxy) is 1. The van der Waals surface area contributed by atoms with Crippen molar-refractivity contribution in [2.45, 2.75) is 4.90 Å². The van der Waals surface area contributed by atoms with Crippen LogP contribution in [-0.2, 0) is 19.4 Å². The molecule has 9 heteroatoms. The number of hydrogen-bond acceptors (Lipinski definition) is 5. The molecule has 1 N–H and O–H groups in total. The lowest BCUT2D eigenvalue weighted by Gasteiger charge is -2.09. The number of carbonyl (C=O) groups is 2. The molecule has 0 spiro atoms. The molecule has 0 aliphatic rings. The van der Waals surface area contributed by atoms with Gasteiger partial charge in [0.25, 0.3) is 5.91 Å². The van der Waals surface area contributed by atoms with Crippen LogP contribution in [0.15, 0.2) is 51.8 Å². The monoisotopic (exact) mass is 445 g/mol. The lowest BCUT2D eigenvalue weighted by Crippen LogP contribution is -2.21. The molecule has 25 heavy (non-hydrogen) atoms. The van der Waals surface area contributed by atoms with E-state index in [1.807, 2.05) is 0 Å². The van der Waals surface area contributed by atoms with Gasteiger partial charge in [0.1, 0.15) is 0 Å². The Morgan fingerprint density at radius 3 is 2.40 bits per heavy atom. The van der Waals surface area contributed by atoms with Gasteiger partial charge in [-0.25, -0.2) is 13.2 Å². The van der Waals surface area contributed by atoms with Crippen molar-refractivity contribution in [3.63, 3.8) is 0 Å². The summed E-state index contributed by atoms with van der Waals surface area (Å²) in [6.45, 7) is -0.533. The molecule has 0 atom stereocenters. The summed E-state index contributed by atoms with van der Waals surface area (Å²) < 4.78 is 28.8. The fourth-order valence-electron chi connectivity index (χ4n) is 1.82. The van der Waals surface area contributed by atoms with Gasteiger partial charge in [-0.1, -0.05) is 27.5 Å². The Morgan fingerprint density at radius 1 is 1.16 bits per heavy atom. The van der Waals surface area contributed by atoms with Crippen LogP contribution < -0.4 is 5.32 Å². The van der Waals surface area contributed by atoms with Crippen LogP contribution in [0.2, 0.25) is 5.02 Å². The molecule has 6 nitrogen and oxygen atoms in total. The first-order valence-electron chi connectivity index (χ1n) is 6.89. The summed E-state index contributed by atoms with van der Waals surface area (Å²) in [5, 5.41) is 2.59. The maximum Gasteiger partial charge on any atom is 0.338 e. The minimum Gasteiger partial charge on any atom is -0.452 e. The maximum atomic E-state index is 11.9. The normalized spacial score (nSPS) is 11.0. The molecular formula is C16H13BrClNO5S. The summed E-state index contributed by atoms with van der Waals surface area (Å²) in [7, 11) is -3.44. The van der Waals surface area contributed by atoms with Crippen LogP contribution in [0.25, 0.3) is 0 Å². The molecule has 0 bridgehead atoms. The van der Waals surface area contributed by atoms with Gasteiger partial charge in [0.15, 0.2) is 16.4 Å². The number of hydrogen-bond donors (Lipinski definition) is 1. The number of esters is 1. The highest BCUT2D eigenvalue weighted by atomic mass is 79.9. The highest BCUT2D eigenvalue weighted by Gasteiger charge is 2.14. The summed E-state index contributed by atoms with van der Waals surface area (Å²) in [6.07, 6.45) is 1.04. The van der Waals surface area contributed by atoms with Gasteiger partial charge in [0.2, 0.25) is 0 Å². The van der Waals surface area contributed by atoms with Crippen LogP contribution in [0.3, 0.4) is 0 Å². The largest absolute Gasteiger partial charge is 0.452 e. The Labute approximate surface area is 158 Å². The van der Waals surface area contributed by atoms with E-state index < -0.39 is 28.3 Å². The third-order valence-corrected chi connectivity index (χ3v) is 5.02. The van der Waals surface area contributed by atoms with Crippen molar-refractivity contribution in [2.75, 3.05) is 18.2 Å². The van der Waals surface area contributed by atoms with Gasteiger partial charge in [-0.2, -0.15) is 0 Å². The second kappa shape index (κ2) is 7.99. The molecule has 0 aliphatic carbocycles. The zero-order chi connectivity index (χ0) is 18.6. The van der Waals surface area contributed by atoms with Crippen LogP contribution in [-0.4, -0.2) is 33.2 Å². The summed E-state index contributed by atoms with van der Waals surface area (Å²) in [4.78, 5) is 23.8. The molecule has 0 aromatic heterocycles. The number of halogens is 2. The first-order chi connectivity index (χ1) is 11.7. The summed E-state index contributed by atoms with van der Waals surface area (Å²) >= 11 is 9.19. The molecule has 0 radical (unpaired) electrons. The van der Waals surface area contributed by atoms with Crippen molar-refractivity contribution in [2.24, 2.45) is 0 Å². The lowest BCUT2D eigenvalue weighted by atomic mass is 10.2. The molecule has 2 rings (SSSR count). The number of benzene rings is 2. The Bertz CT molecular complexity index is 913. The van der Waals surface area contributed by atoms with Crippen LogP contribution in [0.4, 0.5) is 5.69 Å². The van der Waals surface area contributed by atoms with Crippen LogP contribution in [0, 0.1) is 0 Å². The average Bonchev–Trinajstić information content (AvgIpc) is 2.54. The van der Waals surface area contributed by atoms with Gasteiger partial charge in [-0.15, -0.1) is 0 Å². The van der Waals surface area contributed by atoms with E-state index in [4.69, 9.17) is 16.3 Å². The van der Waals surface area contributed by atoms with E-state index in [9.17, 15) is 18.0 Å².